The first-order valence-corrected chi connectivity index (χ1v) is 12.1. The molecule has 186 valence electrons. The molecule has 36 heavy (non-hydrogen) atoms. The number of benzene rings is 2. The topological polar surface area (TPSA) is 96.1 Å². The second kappa shape index (κ2) is 9.30. The molecule has 7 nitrogen and oxygen atoms in total. The van der Waals surface area contributed by atoms with Gasteiger partial charge in [0.15, 0.2) is 5.78 Å². The van der Waals surface area contributed by atoms with Crippen molar-refractivity contribution in [2.75, 3.05) is 13.1 Å². The maximum atomic E-state index is 13.9. The van der Waals surface area contributed by atoms with Crippen LogP contribution in [0.3, 0.4) is 0 Å². The maximum Gasteiger partial charge on any atom is 0.416 e. The van der Waals surface area contributed by atoms with Gasteiger partial charge in [-0.3, -0.25) is 14.2 Å². The number of thiazole rings is 1. The minimum absolute atomic E-state index is 0.0649. The van der Waals surface area contributed by atoms with Crippen LogP contribution in [0, 0.1) is 0 Å². The van der Waals surface area contributed by atoms with E-state index in [4.69, 9.17) is 11.6 Å². The molecular formula is C24H18ClF3N4O3S. The number of alkyl halides is 3. The van der Waals surface area contributed by atoms with Gasteiger partial charge in [0.25, 0.3) is 0 Å². The first-order valence-electron chi connectivity index (χ1n) is 10.9. The zero-order chi connectivity index (χ0) is 25.6. The van der Waals surface area contributed by atoms with Gasteiger partial charge in [0.1, 0.15) is 6.04 Å². The van der Waals surface area contributed by atoms with E-state index in [0.717, 1.165) is 10.6 Å². The van der Waals surface area contributed by atoms with E-state index in [1.54, 1.807) is 18.2 Å². The summed E-state index contributed by atoms with van der Waals surface area (Å²) in [5.74, 6) is -0.659. The Kier molecular flexibility index (Phi) is 6.31. The van der Waals surface area contributed by atoms with Crippen LogP contribution in [0.25, 0.3) is 5.57 Å². The molecule has 0 saturated carbocycles. The minimum atomic E-state index is -4.67. The Morgan fingerprint density at radius 3 is 2.78 bits per heavy atom. The van der Waals surface area contributed by atoms with E-state index in [1.165, 1.54) is 18.3 Å². The Labute approximate surface area is 210 Å². The number of carbonyl (C=O) groups excluding carboxylic acids is 1. The van der Waals surface area contributed by atoms with Crippen LogP contribution in [0.4, 0.5) is 13.2 Å². The van der Waals surface area contributed by atoms with Crippen LogP contribution in [0.5, 0.6) is 5.88 Å². The minimum Gasteiger partial charge on any atom is -0.493 e. The molecule has 0 amide bonds. The third-order valence-electron chi connectivity index (χ3n) is 6.14. The number of aromatic hydroxyl groups is 1. The van der Waals surface area contributed by atoms with Gasteiger partial charge in [-0.15, -0.1) is 0 Å². The predicted octanol–water partition coefficient (Wildman–Crippen LogP) is 2.80. The Hall–Kier alpha value is -3.28. The lowest BCUT2D eigenvalue weighted by Gasteiger charge is -2.22. The molecule has 0 spiro atoms. The average Bonchev–Trinajstić information content (AvgIpc) is 3.41. The highest BCUT2D eigenvalue weighted by molar-refractivity contribution is 7.10. The number of ketones is 1. The molecule has 5 rings (SSSR count). The monoisotopic (exact) mass is 534 g/mol. The van der Waals surface area contributed by atoms with E-state index in [9.17, 15) is 27.9 Å². The van der Waals surface area contributed by atoms with E-state index >= 15 is 0 Å². The van der Waals surface area contributed by atoms with E-state index in [-0.39, 0.29) is 40.6 Å². The Morgan fingerprint density at radius 1 is 1.22 bits per heavy atom. The first-order chi connectivity index (χ1) is 17.1. The van der Waals surface area contributed by atoms with Crippen LogP contribution in [0.1, 0.15) is 34.0 Å². The predicted molar refractivity (Wildman–Crippen MR) is 129 cm³/mol. The largest absolute Gasteiger partial charge is 0.493 e. The fourth-order valence-corrected chi connectivity index (χ4v) is 5.54. The Bertz CT molecular complexity index is 1590. The molecule has 3 aromatic rings. The highest BCUT2D eigenvalue weighted by Gasteiger charge is 2.35. The van der Waals surface area contributed by atoms with Crippen molar-refractivity contribution in [1.82, 2.24) is 9.88 Å². The van der Waals surface area contributed by atoms with E-state index in [2.05, 4.69) is 15.5 Å². The number of nitrogens with zero attached hydrogens (tertiary/aromatic N) is 3. The van der Waals surface area contributed by atoms with Crippen LogP contribution in [0.15, 0.2) is 51.4 Å². The van der Waals surface area contributed by atoms with Crippen molar-refractivity contribution in [3.63, 3.8) is 0 Å². The van der Waals surface area contributed by atoms with Crippen LogP contribution in [0.2, 0.25) is 5.02 Å². The Balaban J connectivity index is 1.73. The third kappa shape index (κ3) is 4.49. The molecule has 2 aromatic carbocycles. The summed E-state index contributed by atoms with van der Waals surface area (Å²) in [4.78, 5) is 24.9. The van der Waals surface area contributed by atoms with Crippen molar-refractivity contribution in [2.45, 2.75) is 25.1 Å². The molecule has 1 aromatic heterocycles. The van der Waals surface area contributed by atoms with Crippen LogP contribution in [-0.4, -0.2) is 34.8 Å². The molecule has 12 heteroatoms. The van der Waals surface area contributed by atoms with Crippen LogP contribution < -0.4 is 20.8 Å². The molecule has 1 saturated heterocycles. The van der Waals surface area contributed by atoms with Gasteiger partial charge >= 0.3 is 11.0 Å². The SMILES string of the molecule is O=C1CCNCC1n1c(O)c(C(Cc2ccc(Cl)cc2C(F)(F)F)=c2ccc3c(c2)C=NN=3)sc1=O. The van der Waals surface area contributed by atoms with Crippen molar-refractivity contribution in [2.24, 2.45) is 10.2 Å². The van der Waals surface area contributed by atoms with Crippen LogP contribution >= 0.6 is 22.9 Å². The lowest BCUT2D eigenvalue weighted by Crippen LogP contribution is -2.40. The lowest BCUT2D eigenvalue weighted by atomic mass is 9.96. The number of fused-ring (bicyclic) bond motifs is 1. The van der Waals surface area contributed by atoms with Crippen molar-refractivity contribution in [3.05, 3.63) is 83.2 Å². The number of halogens is 4. The normalized spacial score (nSPS) is 18.2. The van der Waals surface area contributed by atoms with Crippen molar-refractivity contribution in [3.8, 4) is 5.88 Å². The van der Waals surface area contributed by atoms with Gasteiger partial charge in [0.2, 0.25) is 5.88 Å². The van der Waals surface area contributed by atoms with Gasteiger partial charge < -0.3 is 10.4 Å². The van der Waals surface area contributed by atoms with Crippen molar-refractivity contribution in [1.29, 1.82) is 0 Å². The van der Waals surface area contributed by atoms with Crippen molar-refractivity contribution >= 4 is 40.5 Å². The third-order valence-corrected chi connectivity index (χ3v) is 7.38. The molecule has 0 aliphatic carbocycles. The summed E-state index contributed by atoms with van der Waals surface area (Å²) in [5, 5.41) is 23.0. The fraction of sp³-hybridized carbons (Fsp3) is 0.250. The van der Waals surface area contributed by atoms with Gasteiger partial charge in [0.05, 0.1) is 22.0 Å². The van der Waals surface area contributed by atoms with E-state index in [1.807, 2.05) is 0 Å². The molecule has 1 atom stereocenters. The quantitative estimate of drug-likeness (QED) is 0.538. The number of carbonyl (C=O) groups is 1. The molecule has 3 heterocycles. The molecule has 2 N–H and O–H groups in total. The van der Waals surface area contributed by atoms with E-state index in [0.29, 0.717) is 39.6 Å². The van der Waals surface area contributed by atoms with Gasteiger partial charge in [-0.2, -0.15) is 23.4 Å². The van der Waals surface area contributed by atoms with E-state index < -0.39 is 28.5 Å². The summed E-state index contributed by atoms with van der Waals surface area (Å²) < 4.78 is 42.6. The standard InChI is InChI=1S/C24H18ClF3N4O3S/c25-15-3-1-13(17(9-15)24(26,27)28)8-16(12-2-4-18-14(7-12)10-30-31-18)21-22(34)32(23(35)36-21)19-11-29-6-5-20(19)33/h1-4,7,9-10,19,29,34H,5-6,8,11H2. The smallest absolute Gasteiger partial charge is 0.416 e. The van der Waals surface area contributed by atoms with Gasteiger partial charge in [-0.1, -0.05) is 35.1 Å². The molecular weight excluding hydrogens is 517 g/mol. The summed E-state index contributed by atoms with van der Waals surface area (Å²) in [6.07, 6.45) is -3.22. The second-order valence-corrected chi connectivity index (χ2v) is 9.80. The first kappa shape index (κ1) is 24.4. The molecule has 0 bridgehead atoms. The lowest BCUT2D eigenvalue weighted by molar-refractivity contribution is -0.138. The number of hydrogen-bond donors (Lipinski definition) is 2. The summed E-state index contributed by atoms with van der Waals surface area (Å²) in [6, 6.07) is 7.59. The summed E-state index contributed by atoms with van der Waals surface area (Å²) in [6.45, 7) is 0.641. The van der Waals surface area contributed by atoms with Gasteiger partial charge in [-0.05, 0) is 40.6 Å². The van der Waals surface area contributed by atoms with Crippen molar-refractivity contribution < 1.29 is 23.1 Å². The summed E-state index contributed by atoms with van der Waals surface area (Å²) >= 11 is 6.54. The second-order valence-electron chi connectivity index (χ2n) is 8.40. The maximum absolute atomic E-state index is 13.9. The van der Waals surface area contributed by atoms with Gasteiger partial charge in [0, 0.05) is 36.5 Å². The summed E-state index contributed by atoms with van der Waals surface area (Å²) in [7, 11) is 0. The molecule has 0 radical (unpaired) electrons. The molecule has 2 aliphatic heterocycles. The number of Topliss-reactive ketones (excluding diaryl/α,β-unsaturated/α-hetero) is 1. The number of hydrogen-bond acceptors (Lipinski definition) is 7. The van der Waals surface area contributed by atoms with Gasteiger partial charge in [-0.25, -0.2) is 0 Å². The zero-order valence-corrected chi connectivity index (χ0v) is 20.0. The number of rotatable bonds is 4. The molecule has 1 fully saturated rings. The molecule has 1 unspecified atom stereocenters. The number of piperidine rings is 1. The molecule has 2 aliphatic rings. The Morgan fingerprint density at radius 2 is 2.03 bits per heavy atom. The fourth-order valence-electron chi connectivity index (χ4n) is 4.38. The average molecular weight is 535 g/mol. The highest BCUT2D eigenvalue weighted by Crippen LogP contribution is 2.37. The highest BCUT2D eigenvalue weighted by atomic mass is 35.5. The number of nitrogens with one attached hydrogen (secondary N) is 1. The van der Waals surface area contributed by atoms with Crippen LogP contribution in [-0.2, 0) is 17.4 Å². The number of aromatic nitrogens is 1. The zero-order valence-electron chi connectivity index (χ0n) is 18.5. The summed E-state index contributed by atoms with van der Waals surface area (Å²) in [5.41, 5.74) is -0.0540.